The van der Waals surface area contributed by atoms with Gasteiger partial charge in [0, 0.05) is 6.61 Å². The van der Waals surface area contributed by atoms with Crippen LogP contribution in [0.5, 0.6) is 0 Å². The minimum Gasteiger partial charge on any atom is -0.394 e. The van der Waals surface area contributed by atoms with Crippen LogP contribution >= 0.6 is 0 Å². The molecule has 0 aliphatic carbocycles. The Balaban J connectivity index is 2.30. The minimum atomic E-state index is -2.29. The van der Waals surface area contributed by atoms with Gasteiger partial charge in [0.05, 0.1) is 15.4 Å². The van der Waals surface area contributed by atoms with Crippen molar-refractivity contribution in [1.82, 2.24) is 0 Å². The highest BCUT2D eigenvalue weighted by molar-refractivity contribution is 4.56. The highest BCUT2D eigenvalue weighted by atomic mass is 16.7. The van der Waals surface area contributed by atoms with Gasteiger partial charge in [-0.25, -0.2) is 0 Å². The molecule has 0 aromatic rings. The molecule has 1 fully saturated rings. The summed E-state index contributed by atoms with van der Waals surface area (Å²) < 4.78 is 24.4. The van der Waals surface area contributed by atoms with Gasteiger partial charge in [0.1, 0.15) is 0 Å². The van der Waals surface area contributed by atoms with Gasteiger partial charge in [-0.3, -0.25) is 0 Å². The maximum Gasteiger partial charge on any atom is 0.158 e. The van der Waals surface area contributed by atoms with E-state index in [0.29, 0.717) is 6.61 Å². The smallest absolute Gasteiger partial charge is 0.158 e. The van der Waals surface area contributed by atoms with Gasteiger partial charge in [0.15, 0.2) is 6.29 Å². The molecule has 3 nitrogen and oxygen atoms in total. The lowest BCUT2D eigenvalue weighted by Gasteiger charge is -2.25. The van der Waals surface area contributed by atoms with Crippen LogP contribution in [0.25, 0.3) is 0 Å². The number of hydrogen-bond donors (Lipinski definition) is 1. The van der Waals surface area contributed by atoms with Gasteiger partial charge in [-0.05, 0) is 26.2 Å². The van der Waals surface area contributed by atoms with Crippen LogP contribution in [0.1, 0.15) is 28.9 Å². The largest absolute Gasteiger partial charge is 0.394 e. The SMILES string of the molecule is [2H]C([2H])(O)C(C)OC1CCCCO1. The summed E-state index contributed by atoms with van der Waals surface area (Å²) in [7, 11) is 0. The Morgan fingerprint density at radius 3 is 3.18 bits per heavy atom. The Labute approximate surface area is 70.1 Å². The molecule has 1 heterocycles. The Bertz CT molecular complexity index is 152. The first kappa shape index (κ1) is 6.40. The molecule has 66 valence electrons. The van der Waals surface area contributed by atoms with Gasteiger partial charge >= 0.3 is 0 Å². The summed E-state index contributed by atoms with van der Waals surface area (Å²) in [6.45, 7) is -0.134. The molecule has 2 atom stereocenters. The van der Waals surface area contributed by atoms with Crippen LogP contribution in [-0.2, 0) is 9.47 Å². The van der Waals surface area contributed by atoms with E-state index >= 15 is 0 Å². The van der Waals surface area contributed by atoms with Gasteiger partial charge in [-0.15, -0.1) is 0 Å². The standard InChI is InChI=1S/C8H16O3/c1-7(6-9)11-8-4-2-3-5-10-8/h7-9H,2-6H2,1H3/i6D2. The van der Waals surface area contributed by atoms with E-state index in [4.69, 9.17) is 17.3 Å². The van der Waals surface area contributed by atoms with Crippen molar-refractivity contribution in [2.24, 2.45) is 0 Å². The van der Waals surface area contributed by atoms with E-state index in [9.17, 15) is 0 Å². The van der Waals surface area contributed by atoms with Gasteiger partial charge < -0.3 is 14.6 Å². The molecule has 0 spiro atoms. The third-order valence-corrected chi connectivity index (χ3v) is 1.68. The zero-order chi connectivity index (χ0) is 9.90. The van der Waals surface area contributed by atoms with Crippen LogP contribution in [0.15, 0.2) is 0 Å². The molecule has 2 unspecified atom stereocenters. The number of hydrogen-bond acceptors (Lipinski definition) is 3. The van der Waals surface area contributed by atoms with E-state index in [2.05, 4.69) is 0 Å². The Hall–Kier alpha value is -0.120. The van der Waals surface area contributed by atoms with Crippen molar-refractivity contribution in [2.45, 2.75) is 38.6 Å². The number of aliphatic hydroxyl groups is 1. The summed E-state index contributed by atoms with van der Waals surface area (Å²) >= 11 is 0. The summed E-state index contributed by atoms with van der Waals surface area (Å²) in [6, 6.07) is 0. The van der Waals surface area contributed by atoms with E-state index in [-0.39, 0.29) is 6.29 Å². The fraction of sp³-hybridized carbons (Fsp3) is 1.00. The fourth-order valence-electron chi connectivity index (χ4n) is 1.08. The van der Waals surface area contributed by atoms with Crippen molar-refractivity contribution in [3.05, 3.63) is 0 Å². The topological polar surface area (TPSA) is 38.7 Å². The molecule has 0 aromatic heterocycles. The Morgan fingerprint density at radius 1 is 1.82 bits per heavy atom. The molecule has 1 rings (SSSR count). The molecule has 3 heteroatoms. The third kappa shape index (κ3) is 3.18. The lowest BCUT2D eigenvalue weighted by Crippen LogP contribution is -2.28. The van der Waals surface area contributed by atoms with Crippen molar-refractivity contribution in [2.75, 3.05) is 13.2 Å². The van der Waals surface area contributed by atoms with E-state index < -0.39 is 12.7 Å². The van der Waals surface area contributed by atoms with Crippen molar-refractivity contribution in [1.29, 1.82) is 0 Å². The van der Waals surface area contributed by atoms with Gasteiger partial charge in [0.25, 0.3) is 0 Å². The monoisotopic (exact) mass is 162 g/mol. The lowest BCUT2D eigenvalue weighted by atomic mass is 10.2. The summed E-state index contributed by atoms with van der Waals surface area (Å²) in [5.41, 5.74) is 0. The minimum absolute atomic E-state index is 0.356. The second-order valence-electron chi connectivity index (χ2n) is 2.70. The predicted octanol–water partition coefficient (Wildman–Crippen LogP) is 0.910. The van der Waals surface area contributed by atoms with Gasteiger partial charge in [-0.1, -0.05) is 0 Å². The predicted molar refractivity (Wildman–Crippen MR) is 41.2 cm³/mol. The van der Waals surface area contributed by atoms with Crippen LogP contribution in [0, 0.1) is 0 Å². The van der Waals surface area contributed by atoms with E-state index in [1.54, 1.807) is 0 Å². The number of rotatable bonds is 3. The highest BCUT2D eigenvalue weighted by Crippen LogP contribution is 2.14. The summed E-state index contributed by atoms with van der Waals surface area (Å²) in [4.78, 5) is 0. The highest BCUT2D eigenvalue weighted by Gasteiger charge is 2.16. The normalized spacial score (nSPS) is 32.4. The fourth-order valence-corrected chi connectivity index (χ4v) is 1.08. The van der Waals surface area contributed by atoms with Crippen molar-refractivity contribution in [3.63, 3.8) is 0 Å². The summed E-state index contributed by atoms with van der Waals surface area (Å²) in [5, 5.41) is 8.97. The van der Waals surface area contributed by atoms with Crippen LogP contribution in [0.2, 0.25) is 0 Å². The molecule has 1 aliphatic heterocycles. The molecule has 0 bridgehead atoms. The molecule has 0 amide bonds. The van der Waals surface area contributed by atoms with Crippen LogP contribution in [0.4, 0.5) is 0 Å². The zero-order valence-corrected chi connectivity index (χ0v) is 6.75. The molecule has 0 aromatic carbocycles. The first-order valence-electron chi connectivity index (χ1n) is 4.99. The van der Waals surface area contributed by atoms with Crippen LogP contribution in [-0.4, -0.2) is 30.7 Å². The van der Waals surface area contributed by atoms with Crippen molar-refractivity contribution < 1.29 is 17.3 Å². The van der Waals surface area contributed by atoms with E-state index in [1.165, 1.54) is 6.92 Å². The molecule has 0 radical (unpaired) electrons. The Kier molecular flexibility index (Phi) is 2.73. The second kappa shape index (κ2) is 4.70. The molecular formula is C8H16O3. The Morgan fingerprint density at radius 2 is 2.64 bits per heavy atom. The average molecular weight is 162 g/mol. The van der Waals surface area contributed by atoms with Crippen molar-refractivity contribution in [3.8, 4) is 0 Å². The van der Waals surface area contributed by atoms with Gasteiger partial charge in [0.2, 0.25) is 0 Å². The van der Waals surface area contributed by atoms with Crippen molar-refractivity contribution >= 4 is 0 Å². The lowest BCUT2D eigenvalue weighted by molar-refractivity contribution is -0.190. The average Bonchev–Trinajstić information content (AvgIpc) is 2.04. The first-order chi connectivity index (χ1) is 6.00. The third-order valence-electron chi connectivity index (χ3n) is 1.68. The zero-order valence-electron chi connectivity index (χ0n) is 8.75. The number of ether oxygens (including phenoxy) is 2. The maximum atomic E-state index is 8.97. The quantitative estimate of drug-likeness (QED) is 0.670. The first-order valence-corrected chi connectivity index (χ1v) is 3.99. The molecule has 1 aliphatic rings. The summed E-state index contributed by atoms with van der Waals surface area (Å²) in [6.07, 6.45) is 1.63. The van der Waals surface area contributed by atoms with Crippen LogP contribution < -0.4 is 0 Å². The molecule has 11 heavy (non-hydrogen) atoms. The molecule has 1 N–H and O–H groups in total. The summed E-state index contributed by atoms with van der Waals surface area (Å²) in [5.74, 6) is 0. The molecule has 1 saturated heterocycles. The van der Waals surface area contributed by atoms with Gasteiger partial charge in [-0.2, -0.15) is 0 Å². The van der Waals surface area contributed by atoms with E-state index in [0.717, 1.165) is 19.3 Å². The maximum absolute atomic E-state index is 8.97. The molecular weight excluding hydrogens is 144 g/mol. The van der Waals surface area contributed by atoms with Crippen LogP contribution in [0.3, 0.4) is 0 Å². The molecule has 0 saturated carbocycles. The van der Waals surface area contributed by atoms with E-state index in [1.807, 2.05) is 0 Å². The second-order valence-corrected chi connectivity index (χ2v) is 2.70.